The molecule has 0 bridgehead atoms. The second-order valence-electron chi connectivity index (χ2n) is 8.40. The molecule has 5 heteroatoms. The number of carbonyl (C=O) groups excluding carboxylic acids is 2. The van der Waals surface area contributed by atoms with Gasteiger partial charge in [0.1, 0.15) is 12.2 Å². The first-order valence-corrected chi connectivity index (χ1v) is 10.4. The summed E-state index contributed by atoms with van der Waals surface area (Å²) in [5, 5.41) is 0. The lowest BCUT2D eigenvalue weighted by Gasteiger charge is -2.32. The maximum atomic E-state index is 12.8. The molecule has 150 valence electrons. The van der Waals surface area contributed by atoms with Gasteiger partial charge >= 0.3 is 11.9 Å². The van der Waals surface area contributed by atoms with Crippen LogP contribution in [0.1, 0.15) is 59.3 Å². The van der Waals surface area contributed by atoms with Crippen molar-refractivity contribution in [2.24, 2.45) is 11.8 Å². The fraction of sp³-hybridized carbons (Fsp3) is 0.727. The molecule has 1 unspecified atom stereocenters. The number of hydrogen-bond donors (Lipinski definition) is 0. The normalized spacial score (nSPS) is 32.8. The zero-order valence-corrected chi connectivity index (χ0v) is 16.9. The molecule has 5 nitrogen and oxygen atoms in total. The molecule has 0 aromatic carbocycles. The van der Waals surface area contributed by atoms with Crippen LogP contribution >= 0.6 is 0 Å². The third kappa shape index (κ3) is 5.22. The molecule has 0 saturated carbocycles. The summed E-state index contributed by atoms with van der Waals surface area (Å²) in [6.07, 6.45) is 10.1. The number of hydrogen-bond acceptors (Lipinski definition) is 5. The van der Waals surface area contributed by atoms with Crippen LogP contribution in [0, 0.1) is 11.8 Å². The van der Waals surface area contributed by atoms with E-state index in [-0.39, 0.29) is 29.9 Å². The van der Waals surface area contributed by atoms with Gasteiger partial charge in [-0.1, -0.05) is 17.6 Å². The average Bonchev–Trinajstić information content (AvgIpc) is 2.89. The highest BCUT2D eigenvalue weighted by Crippen LogP contribution is 2.37. The number of fused-ring (bicyclic) bond motifs is 1. The standard InChI is InChI=1S/C22H33NO4/c1-15-8-7-9-16(2)13-20-21(19(12-15)26-17(3)24)18(22(25)27-20)14-23-10-5-4-6-11-23/h12-13,18-21H,4-11,14H2,1-3H3/t18-,19-,20-,21?/m1/s1. The van der Waals surface area contributed by atoms with Crippen LogP contribution in [-0.2, 0) is 19.1 Å². The molecule has 0 N–H and O–H groups in total. The van der Waals surface area contributed by atoms with Gasteiger partial charge in [-0.3, -0.25) is 9.59 Å². The summed E-state index contributed by atoms with van der Waals surface area (Å²) in [5.41, 5.74) is 2.46. The fourth-order valence-corrected chi connectivity index (χ4v) is 4.65. The van der Waals surface area contributed by atoms with E-state index in [4.69, 9.17) is 9.47 Å². The highest BCUT2D eigenvalue weighted by Gasteiger charge is 2.49. The van der Waals surface area contributed by atoms with Gasteiger partial charge in [0.05, 0.1) is 11.8 Å². The Labute approximate surface area is 162 Å². The van der Waals surface area contributed by atoms with E-state index in [1.165, 1.54) is 37.3 Å². The van der Waals surface area contributed by atoms with Gasteiger partial charge in [-0.05, 0) is 71.2 Å². The zero-order chi connectivity index (χ0) is 19.4. The lowest BCUT2D eigenvalue weighted by molar-refractivity contribution is -0.148. The van der Waals surface area contributed by atoms with Crippen LogP contribution in [0.2, 0.25) is 0 Å². The van der Waals surface area contributed by atoms with E-state index in [2.05, 4.69) is 30.9 Å². The number of ether oxygens (including phenoxy) is 2. The second kappa shape index (κ2) is 9.05. The molecule has 2 aliphatic heterocycles. The lowest BCUT2D eigenvalue weighted by Crippen LogP contribution is -2.42. The molecule has 27 heavy (non-hydrogen) atoms. The monoisotopic (exact) mass is 375 g/mol. The first kappa shape index (κ1) is 20.1. The van der Waals surface area contributed by atoms with Crippen molar-refractivity contribution in [1.29, 1.82) is 0 Å². The molecule has 0 spiro atoms. The van der Waals surface area contributed by atoms with Gasteiger partial charge in [-0.2, -0.15) is 0 Å². The van der Waals surface area contributed by atoms with Crippen LogP contribution in [0.3, 0.4) is 0 Å². The van der Waals surface area contributed by atoms with Crippen molar-refractivity contribution in [1.82, 2.24) is 4.90 Å². The summed E-state index contributed by atoms with van der Waals surface area (Å²) in [7, 11) is 0. The summed E-state index contributed by atoms with van der Waals surface area (Å²) >= 11 is 0. The summed E-state index contributed by atoms with van der Waals surface area (Å²) in [6, 6.07) is 0. The molecule has 0 aromatic heterocycles. The van der Waals surface area contributed by atoms with Crippen molar-refractivity contribution >= 4 is 11.9 Å². The first-order valence-electron chi connectivity index (χ1n) is 10.4. The molecule has 0 radical (unpaired) electrons. The number of rotatable bonds is 3. The maximum absolute atomic E-state index is 12.8. The first-order chi connectivity index (χ1) is 12.9. The molecule has 2 saturated heterocycles. The Hall–Kier alpha value is -1.62. The number of likely N-dealkylation sites (tertiary alicyclic amines) is 1. The Morgan fingerprint density at radius 3 is 2.44 bits per heavy atom. The van der Waals surface area contributed by atoms with Crippen molar-refractivity contribution in [2.75, 3.05) is 19.6 Å². The number of nitrogens with zero attached hydrogens (tertiary/aromatic N) is 1. The Bertz CT molecular complexity index is 618. The largest absolute Gasteiger partial charge is 0.458 e. The van der Waals surface area contributed by atoms with Gasteiger partial charge < -0.3 is 14.4 Å². The van der Waals surface area contributed by atoms with Crippen molar-refractivity contribution in [3.63, 3.8) is 0 Å². The lowest BCUT2D eigenvalue weighted by atomic mass is 9.82. The van der Waals surface area contributed by atoms with Crippen LogP contribution < -0.4 is 0 Å². The SMILES string of the molecule is CC(=O)O[C@@H]1C=C(C)CCCC(C)=C[C@H]2OC(=O)[C@H](CN3CCCCC3)C12. The highest BCUT2D eigenvalue weighted by atomic mass is 16.6. The number of carbonyl (C=O) groups is 2. The quantitative estimate of drug-likeness (QED) is 0.557. The Balaban J connectivity index is 1.91. The summed E-state index contributed by atoms with van der Waals surface area (Å²) < 4.78 is 11.5. The van der Waals surface area contributed by atoms with E-state index in [0.717, 1.165) is 32.4 Å². The third-order valence-electron chi connectivity index (χ3n) is 6.02. The van der Waals surface area contributed by atoms with Crippen molar-refractivity contribution < 1.29 is 19.1 Å². The Kier molecular flexibility index (Phi) is 6.74. The van der Waals surface area contributed by atoms with Crippen LogP contribution in [-0.4, -0.2) is 48.7 Å². The minimum absolute atomic E-state index is 0.151. The molecule has 0 aromatic rings. The van der Waals surface area contributed by atoms with E-state index in [9.17, 15) is 9.59 Å². The van der Waals surface area contributed by atoms with Crippen LogP contribution in [0.25, 0.3) is 0 Å². The highest BCUT2D eigenvalue weighted by molar-refractivity contribution is 5.76. The number of piperidine rings is 1. The predicted molar refractivity (Wildman–Crippen MR) is 104 cm³/mol. The molecule has 3 aliphatic rings. The molecule has 3 rings (SSSR count). The molecule has 2 heterocycles. The predicted octanol–water partition coefficient (Wildman–Crippen LogP) is 3.64. The Morgan fingerprint density at radius 2 is 1.78 bits per heavy atom. The van der Waals surface area contributed by atoms with Gasteiger partial charge in [0.2, 0.25) is 0 Å². The van der Waals surface area contributed by atoms with Gasteiger partial charge in [0, 0.05) is 13.5 Å². The van der Waals surface area contributed by atoms with Gasteiger partial charge in [-0.25, -0.2) is 0 Å². The van der Waals surface area contributed by atoms with Gasteiger partial charge in [0.15, 0.2) is 0 Å². The molecule has 1 aliphatic carbocycles. The molecule has 4 atom stereocenters. The van der Waals surface area contributed by atoms with Crippen LogP contribution in [0.15, 0.2) is 23.3 Å². The molecule has 2 fully saturated rings. The van der Waals surface area contributed by atoms with Gasteiger partial charge in [0.25, 0.3) is 0 Å². The summed E-state index contributed by atoms with van der Waals surface area (Å²) in [5.74, 6) is -0.880. The number of allylic oxidation sites excluding steroid dienone is 2. The Morgan fingerprint density at radius 1 is 1.11 bits per heavy atom. The van der Waals surface area contributed by atoms with E-state index in [0.29, 0.717) is 6.54 Å². The second-order valence-corrected chi connectivity index (χ2v) is 8.40. The topological polar surface area (TPSA) is 55.8 Å². The molecular formula is C22H33NO4. The van der Waals surface area contributed by atoms with Crippen molar-refractivity contribution in [2.45, 2.75) is 71.5 Å². The minimum Gasteiger partial charge on any atom is -0.458 e. The van der Waals surface area contributed by atoms with Crippen LogP contribution in [0.5, 0.6) is 0 Å². The van der Waals surface area contributed by atoms with Crippen LogP contribution in [0.4, 0.5) is 0 Å². The smallest absolute Gasteiger partial charge is 0.311 e. The fourth-order valence-electron chi connectivity index (χ4n) is 4.65. The third-order valence-corrected chi connectivity index (χ3v) is 6.02. The van der Waals surface area contributed by atoms with E-state index >= 15 is 0 Å². The van der Waals surface area contributed by atoms with E-state index in [1.54, 1.807) is 0 Å². The van der Waals surface area contributed by atoms with E-state index in [1.807, 2.05) is 0 Å². The molecular weight excluding hydrogens is 342 g/mol. The number of esters is 2. The minimum atomic E-state index is -0.420. The van der Waals surface area contributed by atoms with Crippen molar-refractivity contribution in [3.05, 3.63) is 23.3 Å². The van der Waals surface area contributed by atoms with E-state index < -0.39 is 6.10 Å². The zero-order valence-electron chi connectivity index (χ0n) is 16.9. The summed E-state index contributed by atoms with van der Waals surface area (Å²) in [6.45, 7) is 8.38. The molecule has 0 amide bonds. The maximum Gasteiger partial charge on any atom is 0.311 e. The van der Waals surface area contributed by atoms with Crippen molar-refractivity contribution in [3.8, 4) is 0 Å². The van der Waals surface area contributed by atoms with Gasteiger partial charge in [-0.15, -0.1) is 0 Å². The summed E-state index contributed by atoms with van der Waals surface area (Å²) in [4.78, 5) is 27.0. The average molecular weight is 376 g/mol.